The Balaban J connectivity index is 2.30. The van der Waals surface area contributed by atoms with Crippen LogP contribution >= 0.6 is 11.8 Å². The third kappa shape index (κ3) is 2.11. The summed E-state index contributed by atoms with van der Waals surface area (Å²) in [6.07, 6.45) is 1.67. The quantitative estimate of drug-likeness (QED) is 0.650. The van der Waals surface area contributed by atoms with Gasteiger partial charge < -0.3 is 10.2 Å². The molecular weight excluding hydrogens is 134 g/mol. The Labute approximate surface area is 58.4 Å². The average Bonchev–Trinajstić information content (AvgIpc) is 2.34. The van der Waals surface area contributed by atoms with E-state index in [1.165, 1.54) is 0 Å². The van der Waals surface area contributed by atoms with Gasteiger partial charge in [0.1, 0.15) is 5.76 Å². The molecule has 0 bridgehead atoms. The van der Waals surface area contributed by atoms with Crippen LogP contribution in [0, 0.1) is 0 Å². The van der Waals surface area contributed by atoms with Gasteiger partial charge in [-0.1, -0.05) is 0 Å². The summed E-state index contributed by atoms with van der Waals surface area (Å²) in [5.41, 5.74) is 5.27. The highest BCUT2D eigenvalue weighted by molar-refractivity contribution is 7.98. The molecule has 0 amide bonds. The van der Waals surface area contributed by atoms with E-state index in [1.807, 2.05) is 12.1 Å². The topological polar surface area (TPSA) is 39.2 Å². The van der Waals surface area contributed by atoms with E-state index >= 15 is 0 Å². The number of hydrogen-bond acceptors (Lipinski definition) is 3. The Kier molecular flexibility index (Phi) is 2.67. The molecule has 0 aromatic carbocycles. The largest absolute Gasteiger partial charge is 0.468 e. The summed E-state index contributed by atoms with van der Waals surface area (Å²) in [4.78, 5) is 0. The number of nitrogens with two attached hydrogens (primary N) is 1. The van der Waals surface area contributed by atoms with Gasteiger partial charge in [0.05, 0.1) is 12.0 Å². The highest BCUT2D eigenvalue weighted by Gasteiger charge is 1.91. The lowest BCUT2D eigenvalue weighted by Crippen LogP contribution is -1.92. The molecule has 0 atom stereocenters. The third-order valence-corrected chi connectivity index (χ3v) is 1.67. The SMILES string of the molecule is NCSCc1ccco1. The first-order valence-electron chi connectivity index (χ1n) is 2.73. The Morgan fingerprint density at radius 2 is 2.56 bits per heavy atom. The van der Waals surface area contributed by atoms with Gasteiger partial charge in [-0.3, -0.25) is 0 Å². The van der Waals surface area contributed by atoms with Gasteiger partial charge in [0, 0.05) is 5.88 Å². The second-order valence-corrected chi connectivity index (χ2v) is 2.62. The Morgan fingerprint density at radius 3 is 3.11 bits per heavy atom. The first-order valence-corrected chi connectivity index (χ1v) is 3.89. The second kappa shape index (κ2) is 3.58. The van der Waals surface area contributed by atoms with Crippen molar-refractivity contribution >= 4 is 11.8 Å². The Hall–Kier alpha value is -0.410. The highest BCUT2D eigenvalue weighted by Crippen LogP contribution is 2.09. The van der Waals surface area contributed by atoms with Crippen LogP contribution in [0.3, 0.4) is 0 Å². The zero-order chi connectivity index (χ0) is 6.53. The van der Waals surface area contributed by atoms with Crippen molar-refractivity contribution in [3.63, 3.8) is 0 Å². The Morgan fingerprint density at radius 1 is 1.67 bits per heavy atom. The van der Waals surface area contributed by atoms with Crippen molar-refractivity contribution in [2.45, 2.75) is 5.75 Å². The van der Waals surface area contributed by atoms with Gasteiger partial charge in [0.15, 0.2) is 0 Å². The second-order valence-electron chi connectivity index (χ2n) is 1.59. The standard InChI is InChI=1S/C6H9NOS/c7-5-9-4-6-2-1-3-8-6/h1-3H,4-5,7H2. The van der Waals surface area contributed by atoms with Crippen LogP contribution in [0.15, 0.2) is 22.8 Å². The van der Waals surface area contributed by atoms with Gasteiger partial charge in [0.25, 0.3) is 0 Å². The van der Waals surface area contributed by atoms with Crippen molar-refractivity contribution in [2.75, 3.05) is 5.88 Å². The molecule has 50 valence electrons. The van der Waals surface area contributed by atoms with E-state index in [0.717, 1.165) is 11.5 Å². The number of thioether (sulfide) groups is 1. The molecule has 9 heavy (non-hydrogen) atoms. The van der Waals surface area contributed by atoms with Gasteiger partial charge in [-0.15, -0.1) is 11.8 Å². The first-order chi connectivity index (χ1) is 4.43. The van der Waals surface area contributed by atoms with E-state index in [-0.39, 0.29) is 0 Å². The van der Waals surface area contributed by atoms with Crippen molar-refractivity contribution in [3.8, 4) is 0 Å². The minimum atomic E-state index is 0.653. The predicted octanol–water partition coefficient (Wildman–Crippen LogP) is 1.43. The smallest absolute Gasteiger partial charge is 0.113 e. The summed E-state index contributed by atoms with van der Waals surface area (Å²) < 4.78 is 5.06. The van der Waals surface area contributed by atoms with Gasteiger partial charge in [0.2, 0.25) is 0 Å². The van der Waals surface area contributed by atoms with Crippen LogP contribution in [0.25, 0.3) is 0 Å². The minimum Gasteiger partial charge on any atom is -0.468 e. The maximum absolute atomic E-state index is 5.27. The van der Waals surface area contributed by atoms with Crippen LogP contribution < -0.4 is 5.73 Å². The molecule has 2 N–H and O–H groups in total. The zero-order valence-electron chi connectivity index (χ0n) is 5.04. The molecule has 1 heterocycles. The lowest BCUT2D eigenvalue weighted by Gasteiger charge is -1.90. The van der Waals surface area contributed by atoms with Gasteiger partial charge in [-0.2, -0.15) is 0 Å². The molecule has 1 rings (SSSR count). The molecule has 0 aliphatic carbocycles. The summed E-state index contributed by atoms with van der Waals surface area (Å²) in [6.45, 7) is 0. The molecule has 0 spiro atoms. The van der Waals surface area contributed by atoms with E-state index in [4.69, 9.17) is 10.2 Å². The molecular formula is C6H9NOS. The molecule has 0 radical (unpaired) electrons. The maximum Gasteiger partial charge on any atom is 0.113 e. The van der Waals surface area contributed by atoms with Crippen molar-refractivity contribution in [2.24, 2.45) is 5.73 Å². The molecule has 0 saturated heterocycles. The summed E-state index contributed by atoms with van der Waals surface area (Å²) >= 11 is 1.65. The Bertz CT molecular complexity index is 150. The van der Waals surface area contributed by atoms with Crippen LogP contribution in [0.1, 0.15) is 5.76 Å². The molecule has 1 aromatic rings. The number of rotatable bonds is 3. The van der Waals surface area contributed by atoms with E-state index in [9.17, 15) is 0 Å². The molecule has 0 aliphatic heterocycles. The first kappa shape index (κ1) is 6.71. The van der Waals surface area contributed by atoms with Crippen LogP contribution in [-0.2, 0) is 5.75 Å². The van der Waals surface area contributed by atoms with Crippen molar-refractivity contribution < 1.29 is 4.42 Å². The molecule has 3 heteroatoms. The summed E-state index contributed by atoms with van der Waals surface area (Å²) in [5, 5.41) is 0. The summed E-state index contributed by atoms with van der Waals surface area (Å²) in [6, 6.07) is 3.83. The fourth-order valence-electron chi connectivity index (χ4n) is 0.554. The van der Waals surface area contributed by atoms with E-state index < -0.39 is 0 Å². The maximum atomic E-state index is 5.27. The zero-order valence-corrected chi connectivity index (χ0v) is 5.86. The summed E-state index contributed by atoms with van der Waals surface area (Å²) in [7, 11) is 0. The molecule has 0 fully saturated rings. The van der Waals surface area contributed by atoms with E-state index in [0.29, 0.717) is 5.88 Å². The van der Waals surface area contributed by atoms with E-state index in [1.54, 1.807) is 18.0 Å². The van der Waals surface area contributed by atoms with Crippen LogP contribution in [0.2, 0.25) is 0 Å². The van der Waals surface area contributed by atoms with Crippen LogP contribution in [0.4, 0.5) is 0 Å². The average molecular weight is 143 g/mol. The van der Waals surface area contributed by atoms with Crippen LogP contribution in [-0.4, -0.2) is 5.88 Å². The predicted molar refractivity (Wildman–Crippen MR) is 39.1 cm³/mol. The van der Waals surface area contributed by atoms with Crippen molar-refractivity contribution in [1.82, 2.24) is 0 Å². The normalized spacial score (nSPS) is 9.89. The molecule has 0 unspecified atom stereocenters. The molecule has 0 aliphatic rings. The number of hydrogen-bond donors (Lipinski definition) is 1. The fourth-order valence-corrected chi connectivity index (χ4v) is 1.04. The van der Waals surface area contributed by atoms with Gasteiger partial charge >= 0.3 is 0 Å². The van der Waals surface area contributed by atoms with E-state index in [2.05, 4.69) is 0 Å². The lowest BCUT2D eigenvalue weighted by molar-refractivity contribution is 0.530. The number of furan rings is 1. The lowest BCUT2D eigenvalue weighted by atomic mass is 10.5. The van der Waals surface area contributed by atoms with Crippen molar-refractivity contribution in [3.05, 3.63) is 24.2 Å². The monoisotopic (exact) mass is 143 g/mol. The van der Waals surface area contributed by atoms with Gasteiger partial charge in [-0.05, 0) is 12.1 Å². The van der Waals surface area contributed by atoms with Crippen molar-refractivity contribution in [1.29, 1.82) is 0 Å². The fraction of sp³-hybridized carbons (Fsp3) is 0.333. The minimum absolute atomic E-state index is 0.653. The third-order valence-electron chi connectivity index (χ3n) is 0.942. The highest BCUT2D eigenvalue weighted by atomic mass is 32.2. The molecule has 0 saturated carbocycles. The summed E-state index contributed by atoms with van der Waals surface area (Å²) in [5.74, 6) is 2.52. The van der Waals surface area contributed by atoms with Gasteiger partial charge in [-0.25, -0.2) is 0 Å². The molecule has 1 aromatic heterocycles. The van der Waals surface area contributed by atoms with Crippen LogP contribution in [0.5, 0.6) is 0 Å². The molecule has 2 nitrogen and oxygen atoms in total.